The van der Waals surface area contributed by atoms with Crippen molar-refractivity contribution in [2.24, 2.45) is 5.10 Å². The van der Waals surface area contributed by atoms with Crippen LogP contribution in [0.2, 0.25) is 15.1 Å². The summed E-state index contributed by atoms with van der Waals surface area (Å²) >= 11 is 17.7. The second kappa shape index (κ2) is 9.56. The largest absolute Gasteiger partial charge is 0.423 e. The Morgan fingerprint density at radius 3 is 2.41 bits per heavy atom. The molecule has 0 spiro atoms. The van der Waals surface area contributed by atoms with Crippen molar-refractivity contribution in [1.29, 1.82) is 0 Å². The van der Waals surface area contributed by atoms with Crippen molar-refractivity contribution in [2.75, 3.05) is 0 Å². The summed E-state index contributed by atoms with van der Waals surface area (Å²) in [7, 11) is 0. The van der Waals surface area contributed by atoms with Crippen LogP contribution in [0.4, 0.5) is 0 Å². The second-order valence-corrected chi connectivity index (χ2v) is 7.08. The number of benzene rings is 3. The van der Waals surface area contributed by atoms with Crippen molar-refractivity contribution in [3.63, 3.8) is 0 Å². The van der Waals surface area contributed by atoms with Crippen molar-refractivity contribution in [3.05, 3.63) is 98.5 Å². The smallest absolute Gasteiger partial charge is 0.345 e. The van der Waals surface area contributed by atoms with Crippen molar-refractivity contribution >= 4 is 52.9 Å². The Morgan fingerprint density at radius 1 is 0.897 bits per heavy atom. The highest BCUT2D eigenvalue weighted by atomic mass is 35.5. The van der Waals surface area contributed by atoms with Crippen molar-refractivity contribution in [2.45, 2.75) is 0 Å². The SMILES string of the molecule is O=C(N/N=C/c1cccc(OC(=O)c2ccc(Cl)cc2Cl)c1)c1cccc(Cl)c1. The van der Waals surface area contributed by atoms with E-state index < -0.39 is 11.9 Å². The highest BCUT2D eigenvalue weighted by Gasteiger charge is 2.13. The molecule has 0 aromatic heterocycles. The molecule has 8 heteroatoms. The van der Waals surface area contributed by atoms with Crippen LogP contribution in [0.1, 0.15) is 26.3 Å². The molecule has 5 nitrogen and oxygen atoms in total. The Hall–Kier alpha value is -2.86. The normalized spacial score (nSPS) is 10.7. The molecule has 0 aliphatic heterocycles. The lowest BCUT2D eigenvalue weighted by Crippen LogP contribution is -2.17. The average Bonchev–Trinajstić information content (AvgIpc) is 2.68. The number of halogens is 3. The maximum Gasteiger partial charge on any atom is 0.345 e. The number of ether oxygens (including phenoxy) is 1. The molecule has 1 N–H and O–H groups in total. The third-order valence-electron chi connectivity index (χ3n) is 3.69. The van der Waals surface area contributed by atoms with E-state index in [0.717, 1.165) is 0 Å². The number of carbonyl (C=O) groups excluding carboxylic acids is 2. The van der Waals surface area contributed by atoms with Crippen LogP contribution in [0.5, 0.6) is 5.75 Å². The molecular weight excluding hydrogens is 435 g/mol. The zero-order chi connectivity index (χ0) is 20.8. The van der Waals surface area contributed by atoms with Crippen LogP contribution >= 0.6 is 34.8 Å². The first-order valence-corrected chi connectivity index (χ1v) is 9.42. The Labute approximate surface area is 181 Å². The van der Waals surface area contributed by atoms with Gasteiger partial charge < -0.3 is 4.74 Å². The average molecular weight is 448 g/mol. The molecule has 0 bridgehead atoms. The highest BCUT2D eigenvalue weighted by molar-refractivity contribution is 6.36. The third-order valence-corrected chi connectivity index (χ3v) is 4.47. The van der Waals surface area contributed by atoms with E-state index in [-0.39, 0.29) is 10.6 Å². The summed E-state index contributed by atoms with van der Waals surface area (Å²) in [4.78, 5) is 24.3. The maximum absolute atomic E-state index is 12.3. The van der Waals surface area contributed by atoms with E-state index in [2.05, 4.69) is 10.5 Å². The Bertz CT molecular complexity index is 1100. The monoisotopic (exact) mass is 446 g/mol. The van der Waals surface area contributed by atoms with Gasteiger partial charge in [-0.15, -0.1) is 0 Å². The number of nitrogens with one attached hydrogen (secondary N) is 1. The molecule has 1 amide bonds. The third kappa shape index (κ3) is 5.81. The molecule has 0 saturated heterocycles. The molecule has 0 atom stereocenters. The van der Waals surface area contributed by atoms with Crippen LogP contribution in [0, 0.1) is 0 Å². The topological polar surface area (TPSA) is 67.8 Å². The minimum absolute atomic E-state index is 0.198. The molecule has 0 aliphatic rings. The second-order valence-electron chi connectivity index (χ2n) is 5.80. The Kier molecular flexibility index (Phi) is 6.88. The molecular formula is C21H13Cl3N2O3. The van der Waals surface area contributed by atoms with E-state index in [1.807, 2.05) is 0 Å². The predicted octanol–water partition coefficient (Wildman–Crippen LogP) is 5.63. The van der Waals surface area contributed by atoms with Crippen LogP contribution in [0.25, 0.3) is 0 Å². The van der Waals surface area contributed by atoms with Gasteiger partial charge in [0.2, 0.25) is 0 Å². The van der Waals surface area contributed by atoms with Gasteiger partial charge in [-0.2, -0.15) is 5.10 Å². The van der Waals surface area contributed by atoms with Crippen molar-refractivity contribution < 1.29 is 14.3 Å². The van der Waals surface area contributed by atoms with Gasteiger partial charge in [0.1, 0.15) is 5.75 Å². The first-order valence-electron chi connectivity index (χ1n) is 8.28. The number of esters is 1. The van der Waals surface area contributed by atoms with Gasteiger partial charge in [-0.25, -0.2) is 10.2 Å². The lowest BCUT2D eigenvalue weighted by atomic mass is 10.2. The molecule has 3 rings (SSSR count). The number of rotatable bonds is 5. The minimum atomic E-state index is -0.616. The summed E-state index contributed by atoms with van der Waals surface area (Å²) in [6.07, 6.45) is 1.43. The van der Waals surface area contributed by atoms with E-state index in [9.17, 15) is 9.59 Å². The fourth-order valence-electron chi connectivity index (χ4n) is 2.34. The van der Waals surface area contributed by atoms with Crippen molar-refractivity contribution in [1.82, 2.24) is 5.43 Å². The molecule has 3 aromatic rings. The Morgan fingerprint density at radius 2 is 1.66 bits per heavy atom. The minimum Gasteiger partial charge on any atom is -0.423 e. The number of hydrazone groups is 1. The summed E-state index contributed by atoms with van der Waals surface area (Å²) in [6, 6.07) is 17.6. The van der Waals surface area contributed by atoms with Crippen molar-refractivity contribution in [3.8, 4) is 5.75 Å². The summed E-state index contributed by atoms with van der Waals surface area (Å²) in [5.74, 6) is -0.718. The van der Waals surface area contributed by atoms with E-state index in [0.29, 0.717) is 26.9 Å². The van der Waals surface area contributed by atoms with Gasteiger partial charge in [0.15, 0.2) is 0 Å². The zero-order valence-electron chi connectivity index (χ0n) is 14.7. The molecule has 0 saturated carbocycles. The van der Waals surface area contributed by atoms with Crippen LogP contribution in [-0.2, 0) is 0 Å². The molecule has 29 heavy (non-hydrogen) atoms. The molecule has 0 radical (unpaired) electrons. The van der Waals surface area contributed by atoms with E-state index in [4.69, 9.17) is 39.5 Å². The molecule has 0 unspecified atom stereocenters. The summed E-state index contributed by atoms with van der Waals surface area (Å²) in [5.41, 5.74) is 3.61. The number of nitrogens with zero attached hydrogens (tertiary/aromatic N) is 1. The standard InChI is InChI=1S/C21H13Cl3N2O3/c22-15-5-2-4-14(10-15)20(27)26-25-12-13-3-1-6-17(9-13)29-21(28)18-8-7-16(23)11-19(18)24/h1-12H,(H,26,27)/b25-12+. The maximum atomic E-state index is 12.3. The van der Waals surface area contributed by atoms with Crippen LogP contribution < -0.4 is 10.2 Å². The molecule has 3 aromatic carbocycles. The van der Waals surface area contributed by atoms with Crippen LogP contribution in [-0.4, -0.2) is 18.1 Å². The van der Waals surface area contributed by atoms with E-state index in [1.54, 1.807) is 48.5 Å². The lowest BCUT2D eigenvalue weighted by Gasteiger charge is -2.07. The van der Waals surface area contributed by atoms with Gasteiger partial charge in [-0.3, -0.25) is 4.79 Å². The number of amides is 1. The molecule has 0 fully saturated rings. The van der Waals surface area contributed by atoms with Gasteiger partial charge >= 0.3 is 5.97 Å². The quantitative estimate of drug-likeness (QED) is 0.238. The molecule has 0 heterocycles. The van der Waals surface area contributed by atoms with Crippen LogP contribution in [0.15, 0.2) is 71.8 Å². The van der Waals surface area contributed by atoms with Gasteiger partial charge in [0.05, 0.1) is 16.8 Å². The van der Waals surface area contributed by atoms with Crippen LogP contribution in [0.3, 0.4) is 0 Å². The summed E-state index contributed by atoms with van der Waals surface area (Å²) in [6.45, 7) is 0. The van der Waals surface area contributed by atoms with Gasteiger partial charge in [0, 0.05) is 15.6 Å². The lowest BCUT2D eigenvalue weighted by molar-refractivity contribution is 0.0734. The first-order chi connectivity index (χ1) is 13.9. The zero-order valence-corrected chi connectivity index (χ0v) is 17.0. The number of carbonyl (C=O) groups is 2. The van der Waals surface area contributed by atoms with Gasteiger partial charge in [0.25, 0.3) is 5.91 Å². The highest BCUT2D eigenvalue weighted by Crippen LogP contribution is 2.23. The summed E-state index contributed by atoms with van der Waals surface area (Å²) in [5, 5.41) is 4.98. The summed E-state index contributed by atoms with van der Waals surface area (Å²) < 4.78 is 5.34. The number of hydrogen-bond acceptors (Lipinski definition) is 4. The van der Waals surface area contributed by atoms with Gasteiger partial charge in [-0.1, -0.05) is 53.0 Å². The van der Waals surface area contributed by atoms with E-state index in [1.165, 1.54) is 24.4 Å². The molecule has 146 valence electrons. The van der Waals surface area contributed by atoms with Gasteiger partial charge in [-0.05, 0) is 54.1 Å². The van der Waals surface area contributed by atoms with E-state index >= 15 is 0 Å². The first kappa shape index (κ1) is 20.9. The molecule has 0 aliphatic carbocycles. The Balaban J connectivity index is 1.65. The predicted molar refractivity (Wildman–Crippen MR) is 114 cm³/mol. The fourth-order valence-corrected chi connectivity index (χ4v) is 3.01. The number of hydrogen-bond donors (Lipinski definition) is 1. The fraction of sp³-hybridized carbons (Fsp3) is 0.